The molecular formula is C36H71N2O2. The molecule has 4 nitrogen and oxygen atoms in total. The summed E-state index contributed by atoms with van der Waals surface area (Å²) in [5, 5.41) is 5.99. The molecule has 0 aromatic heterocycles. The molecule has 1 radical (unpaired) electrons. The predicted molar refractivity (Wildman–Crippen MR) is 176 cm³/mol. The lowest BCUT2D eigenvalue weighted by atomic mass is 10.0. The lowest BCUT2D eigenvalue weighted by Crippen LogP contribution is -2.36. The van der Waals surface area contributed by atoms with E-state index in [2.05, 4.69) is 31.4 Å². The smallest absolute Gasteiger partial charge is 0.220 e. The van der Waals surface area contributed by atoms with E-state index in [1.807, 2.05) is 0 Å². The zero-order valence-corrected chi connectivity index (χ0v) is 27.3. The molecule has 0 rings (SSSR count). The molecule has 40 heavy (non-hydrogen) atoms. The van der Waals surface area contributed by atoms with Gasteiger partial charge in [-0.2, -0.15) is 0 Å². The average molecular weight is 564 g/mol. The van der Waals surface area contributed by atoms with Gasteiger partial charge >= 0.3 is 0 Å². The van der Waals surface area contributed by atoms with Crippen LogP contribution < -0.4 is 10.6 Å². The van der Waals surface area contributed by atoms with Crippen LogP contribution in [-0.2, 0) is 9.59 Å². The molecule has 0 aromatic carbocycles. The maximum Gasteiger partial charge on any atom is 0.220 e. The van der Waals surface area contributed by atoms with E-state index in [0.717, 1.165) is 25.7 Å². The van der Waals surface area contributed by atoms with E-state index in [0.29, 0.717) is 25.8 Å². The highest BCUT2D eigenvalue weighted by molar-refractivity contribution is 5.76. The van der Waals surface area contributed by atoms with E-state index in [9.17, 15) is 9.59 Å². The van der Waals surface area contributed by atoms with Crippen LogP contribution in [0, 0.1) is 6.92 Å². The van der Waals surface area contributed by atoms with Crippen LogP contribution in [0.2, 0.25) is 0 Å². The van der Waals surface area contributed by atoms with Gasteiger partial charge in [0.25, 0.3) is 0 Å². The maximum absolute atomic E-state index is 12.2. The summed E-state index contributed by atoms with van der Waals surface area (Å²) < 4.78 is 0. The van der Waals surface area contributed by atoms with Crippen LogP contribution >= 0.6 is 0 Å². The molecule has 0 aliphatic carbocycles. The molecule has 2 N–H and O–H groups in total. The molecule has 2 amide bonds. The second-order valence-corrected chi connectivity index (χ2v) is 12.4. The van der Waals surface area contributed by atoms with Crippen molar-refractivity contribution in [2.24, 2.45) is 0 Å². The van der Waals surface area contributed by atoms with E-state index < -0.39 is 0 Å². The number of hydrogen-bond donors (Lipinski definition) is 2. The Morgan fingerprint density at radius 1 is 0.475 bits per heavy atom. The number of carbonyl (C=O) groups is 2. The van der Waals surface area contributed by atoms with Crippen LogP contribution in [0.1, 0.15) is 200 Å². The number of amides is 2. The van der Waals surface area contributed by atoms with Crippen LogP contribution in [0.25, 0.3) is 0 Å². The summed E-state index contributed by atoms with van der Waals surface area (Å²) in [5.74, 6) is 0.231. The molecule has 0 saturated heterocycles. The molecule has 0 heterocycles. The quantitative estimate of drug-likeness (QED) is 0.0800. The Morgan fingerprint density at radius 2 is 0.775 bits per heavy atom. The van der Waals surface area contributed by atoms with Crippen molar-refractivity contribution < 1.29 is 9.59 Å². The van der Waals surface area contributed by atoms with Crippen LogP contribution in [-0.4, -0.2) is 24.4 Å². The second kappa shape index (κ2) is 32.5. The second-order valence-electron chi connectivity index (χ2n) is 12.4. The Morgan fingerprint density at radius 3 is 1.12 bits per heavy atom. The number of rotatable bonds is 32. The van der Waals surface area contributed by atoms with Crippen molar-refractivity contribution in [1.29, 1.82) is 0 Å². The molecule has 1 atom stereocenters. The summed E-state index contributed by atoms with van der Waals surface area (Å²) in [6.45, 7) is 9.18. The fraction of sp³-hybridized carbons (Fsp3) is 0.917. The van der Waals surface area contributed by atoms with E-state index in [-0.39, 0.29) is 17.9 Å². The van der Waals surface area contributed by atoms with Crippen molar-refractivity contribution in [2.75, 3.05) is 6.54 Å². The Kier molecular flexibility index (Phi) is 31.6. The fourth-order valence-corrected chi connectivity index (χ4v) is 5.45. The molecule has 0 aliphatic heterocycles. The summed E-state index contributed by atoms with van der Waals surface area (Å²) >= 11 is 0. The van der Waals surface area contributed by atoms with Gasteiger partial charge in [-0.05, 0) is 26.2 Å². The largest absolute Gasteiger partial charge is 0.356 e. The first-order chi connectivity index (χ1) is 19.6. The van der Waals surface area contributed by atoms with Gasteiger partial charge < -0.3 is 10.6 Å². The van der Waals surface area contributed by atoms with Gasteiger partial charge in [-0.15, -0.1) is 0 Å². The topological polar surface area (TPSA) is 58.2 Å². The summed E-state index contributed by atoms with van der Waals surface area (Å²) in [6, 6.07) is -0.133. The summed E-state index contributed by atoms with van der Waals surface area (Å²) in [7, 11) is 0. The molecule has 0 fully saturated rings. The normalized spacial score (nSPS) is 12.0. The molecule has 0 aromatic rings. The van der Waals surface area contributed by atoms with Crippen molar-refractivity contribution in [2.45, 2.75) is 206 Å². The Bertz CT molecular complexity index is 537. The minimum Gasteiger partial charge on any atom is -0.356 e. The molecule has 0 spiro atoms. The molecule has 0 bridgehead atoms. The van der Waals surface area contributed by atoms with Gasteiger partial charge in [0, 0.05) is 25.4 Å². The van der Waals surface area contributed by atoms with E-state index >= 15 is 0 Å². The minimum atomic E-state index is -0.133. The zero-order chi connectivity index (χ0) is 29.4. The highest BCUT2D eigenvalue weighted by Crippen LogP contribution is 2.14. The fourth-order valence-electron chi connectivity index (χ4n) is 5.45. The summed E-state index contributed by atoms with van der Waals surface area (Å²) in [4.78, 5) is 24.2. The third-order valence-electron chi connectivity index (χ3n) is 8.19. The van der Waals surface area contributed by atoms with Gasteiger partial charge in [-0.3, -0.25) is 9.59 Å². The lowest BCUT2D eigenvalue weighted by Gasteiger charge is -2.14. The predicted octanol–water partition coefficient (Wildman–Crippen LogP) is 10.8. The standard InChI is InChI=1S/C36H71N2O2/c1-4-6-8-10-12-14-16-18-20-22-24-26-28-30-35(39)37-33-32-34(3)38-36(40)31-29-27-25-23-21-19-17-15-13-11-9-7-5-2/h34H,3-33H2,1-2H3,(H,37,39)(H,38,40). The first kappa shape index (κ1) is 38.9. The van der Waals surface area contributed by atoms with Gasteiger partial charge in [0.1, 0.15) is 0 Å². The molecule has 4 heteroatoms. The van der Waals surface area contributed by atoms with Gasteiger partial charge in [-0.25, -0.2) is 0 Å². The van der Waals surface area contributed by atoms with Crippen molar-refractivity contribution >= 4 is 11.8 Å². The number of unbranched alkanes of at least 4 members (excludes halogenated alkanes) is 24. The van der Waals surface area contributed by atoms with E-state index in [4.69, 9.17) is 0 Å². The molecule has 0 saturated carbocycles. The van der Waals surface area contributed by atoms with E-state index in [1.54, 1.807) is 0 Å². The van der Waals surface area contributed by atoms with Gasteiger partial charge in [-0.1, -0.05) is 168 Å². The zero-order valence-electron chi connectivity index (χ0n) is 27.3. The number of carbonyl (C=O) groups excluding carboxylic acids is 2. The van der Waals surface area contributed by atoms with Gasteiger partial charge in [0.15, 0.2) is 0 Å². The van der Waals surface area contributed by atoms with Crippen LogP contribution in [0.15, 0.2) is 0 Å². The minimum absolute atomic E-state index is 0.0985. The monoisotopic (exact) mass is 564 g/mol. The highest BCUT2D eigenvalue weighted by Gasteiger charge is 2.08. The molecule has 237 valence electrons. The molecule has 0 aliphatic rings. The van der Waals surface area contributed by atoms with Gasteiger partial charge in [0.05, 0.1) is 0 Å². The summed E-state index contributed by atoms with van der Waals surface area (Å²) in [6.07, 6.45) is 36.2. The SMILES string of the molecule is [CH2]C(CCNC(=O)CCCCCCCCCCCCCCC)NC(=O)CCCCCCCCCCCCCCC. The van der Waals surface area contributed by atoms with Gasteiger partial charge in [0.2, 0.25) is 11.8 Å². The number of hydrogen-bond acceptors (Lipinski definition) is 2. The maximum atomic E-state index is 12.2. The Balaban J connectivity index is 3.39. The first-order valence-corrected chi connectivity index (χ1v) is 18.0. The van der Waals surface area contributed by atoms with Crippen LogP contribution in [0.4, 0.5) is 0 Å². The van der Waals surface area contributed by atoms with E-state index in [1.165, 1.54) is 141 Å². The third kappa shape index (κ3) is 31.5. The summed E-state index contributed by atoms with van der Waals surface area (Å²) in [5.41, 5.74) is 0. The first-order valence-electron chi connectivity index (χ1n) is 18.0. The Hall–Kier alpha value is -1.06. The van der Waals surface area contributed by atoms with Crippen LogP contribution in [0.3, 0.4) is 0 Å². The van der Waals surface area contributed by atoms with Crippen molar-refractivity contribution in [3.05, 3.63) is 6.92 Å². The third-order valence-corrected chi connectivity index (χ3v) is 8.19. The van der Waals surface area contributed by atoms with Crippen LogP contribution in [0.5, 0.6) is 0 Å². The number of nitrogens with one attached hydrogen (secondary N) is 2. The Labute approximate surface area is 251 Å². The molecule has 1 unspecified atom stereocenters. The molecular weight excluding hydrogens is 492 g/mol. The average Bonchev–Trinajstić information content (AvgIpc) is 2.93. The van der Waals surface area contributed by atoms with Crippen molar-refractivity contribution in [3.63, 3.8) is 0 Å². The van der Waals surface area contributed by atoms with Crippen molar-refractivity contribution in [1.82, 2.24) is 10.6 Å². The highest BCUT2D eigenvalue weighted by atomic mass is 16.2. The van der Waals surface area contributed by atoms with Crippen molar-refractivity contribution in [3.8, 4) is 0 Å². The lowest BCUT2D eigenvalue weighted by molar-refractivity contribution is -0.121.